The highest BCUT2D eigenvalue weighted by molar-refractivity contribution is 5.91. The van der Waals surface area contributed by atoms with E-state index in [0.717, 1.165) is 23.3 Å². The van der Waals surface area contributed by atoms with E-state index in [4.69, 9.17) is 4.74 Å². The Morgan fingerprint density at radius 1 is 1.17 bits per heavy atom. The Kier molecular flexibility index (Phi) is 5.92. The Bertz CT molecular complexity index is 663. The van der Waals surface area contributed by atoms with Gasteiger partial charge in [-0.05, 0) is 47.9 Å². The fraction of sp³-hybridized carbons (Fsp3) is 0.211. The van der Waals surface area contributed by atoms with Crippen LogP contribution in [0.25, 0.3) is 6.08 Å². The van der Waals surface area contributed by atoms with E-state index in [1.54, 1.807) is 25.3 Å². The Labute approximate surface area is 135 Å². The minimum Gasteiger partial charge on any atom is -0.497 e. The van der Waals surface area contributed by atoms with Gasteiger partial charge in [0.15, 0.2) is 0 Å². The molecule has 0 aromatic heterocycles. The minimum absolute atomic E-state index is 0.0636. The highest BCUT2D eigenvalue weighted by Gasteiger charge is 2.11. The SMILES string of the molecule is CC[C@@H](NC(=O)/C=C/c1ccc(F)cc1)c1ccc(OC)cc1. The van der Waals surface area contributed by atoms with Gasteiger partial charge in [0.1, 0.15) is 11.6 Å². The predicted octanol–water partition coefficient (Wildman–Crippen LogP) is 4.12. The molecule has 0 unspecified atom stereocenters. The molecule has 0 aliphatic carbocycles. The maximum atomic E-state index is 12.8. The summed E-state index contributed by atoms with van der Waals surface area (Å²) in [5.74, 6) is 0.306. The van der Waals surface area contributed by atoms with Crippen LogP contribution in [-0.4, -0.2) is 13.0 Å². The van der Waals surface area contributed by atoms with Crippen LogP contribution in [0.5, 0.6) is 5.75 Å². The molecule has 1 N–H and O–H groups in total. The van der Waals surface area contributed by atoms with Crippen molar-refractivity contribution in [1.82, 2.24) is 5.32 Å². The molecule has 1 amide bonds. The van der Waals surface area contributed by atoms with E-state index >= 15 is 0 Å². The van der Waals surface area contributed by atoms with Gasteiger partial charge < -0.3 is 10.1 Å². The molecule has 4 heteroatoms. The van der Waals surface area contributed by atoms with E-state index < -0.39 is 0 Å². The number of hydrogen-bond donors (Lipinski definition) is 1. The lowest BCUT2D eigenvalue weighted by atomic mass is 10.0. The van der Waals surface area contributed by atoms with Crippen molar-refractivity contribution in [3.8, 4) is 5.75 Å². The van der Waals surface area contributed by atoms with Crippen molar-refractivity contribution in [3.05, 3.63) is 71.6 Å². The second kappa shape index (κ2) is 8.13. The largest absolute Gasteiger partial charge is 0.497 e. The van der Waals surface area contributed by atoms with Crippen LogP contribution in [0.3, 0.4) is 0 Å². The number of methoxy groups -OCH3 is 1. The van der Waals surface area contributed by atoms with Gasteiger partial charge >= 0.3 is 0 Å². The Balaban J connectivity index is 1.99. The third-order valence-electron chi connectivity index (χ3n) is 3.54. The molecule has 23 heavy (non-hydrogen) atoms. The average Bonchev–Trinajstić information content (AvgIpc) is 2.59. The van der Waals surface area contributed by atoms with Gasteiger partial charge in [-0.15, -0.1) is 0 Å². The smallest absolute Gasteiger partial charge is 0.244 e. The molecular weight excluding hydrogens is 293 g/mol. The standard InChI is InChI=1S/C19H20FNO2/c1-3-18(15-7-11-17(23-2)12-8-15)21-19(22)13-6-14-4-9-16(20)10-5-14/h4-13,18H,3H2,1-2H3,(H,21,22)/b13-6+/t18-/m1/s1. The van der Waals surface area contributed by atoms with Crippen LogP contribution in [0, 0.1) is 5.82 Å². The van der Waals surface area contributed by atoms with E-state index in [1.165, 1.54) is 18.2 Å². The molecule has 0 saturated heterocycles. The highest BCUT2D eigenvalue weighted by atomic mass is 19.1. The van der Waals surface area contributed by atoms with Gasteiger partial charge in [-0.2, -0.15) is 0 Å². The Morgan fingerprint density at radius 3 is 2.39 bits per heavy atom. The van der Waals surface area contributed by atoms with Crippen LogP contribution in [0.15, 0.2) is 54.6 Å². The minimum atomic E-state index is -0.294. The quantitative estimate of drug-likeness (QED) is 0.815. The fourth-order valence-corrected chi connectivity index (χ4v) is 2.22. The molecule has 2 aromatic rings. The van der Waals surface area contributed by atoms with Crippen LogP contribution in [0.4, 0.5) is 4.39 Å². The van der Waals surface area contributed by atoms with Gasteiger partial charge in [-0.1, -0.05) is 31.2 Å². The van der Waals surface area contributed by atoms with E-state index in [0.29, 0.717) is 0 Å². The maximum Gasteiger partial charge on any atom is 0.244 e. The first-order valence-electron chi connectivity index (χ1n) is 7.50. The summed E-state index contributed by atoms with van der Waals surface area (Å²) in [5.41, 5.74) is 1.80. The average molecular weight is 313 g/mol. The van der Waals surface area contributed by atoms with Crippen LogP contribution < -0.4 is 10.1 Å². The number of ether oxygens (including phenoxy) is 1. The first-order valence-corrected chi connectivity index (χ1v) is 7.50. The van der Waals surface area contributed by atoms with Gasteiger partial charge in [0.2, 0.25) is 5.91 Å². The molecule has 3 nitrogen and oxygen atoms in total. The monoisotopic (exact) mass is 313 g/mol. The molecule has 2 aromatic carbocycles. The normalized spacial score (nSPS) is 12.1. The van der Waals surface area contributed by atoms with Gasteiger partial charge in [-0.3, -0.25) is 4.79 Å². The van der Waals surface area contributed by atoms with Gasteiger partial charge in [0.05, 0.1) is 13.2 Å². The van der Waals surface area contributed by atoms with Crippen LogP contribution in [-0.2, 0) is 4.79 Å². The molecule has 2 rings (SSSR count). The van der Waals surface area contributed by atoms with E-state index in [-0.39, 0.29) is 17.8 Å². The number of halogens is 1. The lowest BCUT2D eigenvalue weighted by Gasteiger charge is -2.16. The van der Waals surface area contributed by atoms with Crippen molar-refractivity contribution in [2.75, 3.05) is 7.11 Å². The van der Waals surface area contributed by atoms with Crippen molar-refractivity contribution in [1.29, 1.82) is 0 Å². The number of nitrogens with one attached hydrogen (secondary N) is 1. The highest BCUT2D eigenvalue weighted by Crippen LogP contribution is 2.20. The van der Waals surface area contributed by atoms with Crippen LogP contribution in [0.2, 0.25) is 0 Å². The summed E-state index contributed by atoms with van der Waals surface area (Å²) in [7, 11) is 1.62. The number of carbonyl (C=O) groups is 1. The summed E-state index contributed by atoms with van der Waals surface area (Å²) < 4.78 is 18.0. The van der Waals surface area contributed by atoms with E-state index in [2.05, 4.69) is 5.32 Å². The topological polar surface area (TPSA) is 38.3 Å². The van der Waals surface area contributed by atoms with E-state index in [1.807, 2.05) is 31.2 Å². The first-order chi connectivity index (χ1) is 11.1. The number of rotatable bonds is 6. The summed E-state index contributed by atoms with van der Waals surface area (Å²) in [6.07, 6.45) is 3.90. The molecule has 0 fully saturated rings. The second-order valence-corrected chi connectivity index (χ2v) is 5.13. The van der Waals surface area contributed by atoms with Crippen molar-refractivity contribution in [3.63, 3.8) is 0 Å². The van der Waals surface area contributed by atoms with Gasteiger partial charge in [-0.25, -0.2) is 4.39 Å². The summed E-state index contributed by atoms with van der Waals surface area (Å²) in [4.78, 5) is 12.1. The van der Waals surface area contributed by atoms with Gasteiger partial charge in [0.25, 0.3) is 0 Å². The number of amides is 1. The summed E-state index contributed by atoms with van der Waals surface area (Å²) in [6.45, 7) is 2.01. The summed E-state index contributed by atoms with van der Waals surface area (Å²) in [5, 5.41) is 2.96. The number of hydrogen-bond acceptors (Lipinski definition) is 2. The first kappa shape index (κ1) is 16.7. The van der Waals surface area contributed by atoms with Crippen molar-refractivity contribution in [2.45, 2.75) is 19.4 Å². The molecule has 0 radical (unpaired) electrons. The molecular formula is C19H20FNO2. The van der Waals surface area contributed by atoms with Crippen molar-refractivity contribution >= 4 is 12.0 Å². The second-order valence-electron chi connectivity index (χ2n) is 5.13. The zero-order valence-corrected chi connectivity index (χ0v) is 13.3. The molecule has 0 aliphatic rings. The summed E-state index contributed by atoms with van der Waals surface area (Å²) in [6, 6.07) is 13.5. The zero-order valence-electron chi connectivity index (χ0n) is 13.3. The van der Waals surface area contributed by atoms with Crippen LogP contribution >= 0.6 is 0 Å². The lowest BCUT2D eigenvalue weighted by Crippen LogP contribution is -2.26. The van der Waals surface area contributed by atoms with Crippen molar-refractivity contribution < 1.29 is 13.9 Å². The van der Waals surface area contributed by atoms with Gasteiger partial charge in [0, 0.05) is 6.08 Å². The zero-order chi connectivity index (χ0) is 16.7. The molecule has 0 aliphatic heterocycles. The molecule has 0 heterocycles. The predicted molar refractivity (Wildman–Crippen MR) is 89.6 cm³/mol. The fourth-order valence-electron chi connectivity index (χ4n) is 2.22. The van der Waals surface area contributed by atoms with Crippen molar-refractivity contribution in [2.24, 2.45) is 0 Å². The number of carbonyl (C=O) groups excluding carboxylic acids is 1. The molecule has 120 valence electrons. The Hall–Kier alpha value is -2.62. The summed E-state index contributed by atoms with van der Waals surface area (Å²) >= 11 is 0. The molecule has 1 atom stereocenters. The maximum absolute atomic E-state index is 12.8. The molecule has 0 bridgehead atoms. The number of benzene rings is 2. The molecule has 0 spiro atoms. The third kappa shape index (κ3) is 4.95. The third-order valence-corrected chi connectivity index (χ3v) is 3.54. The van der Waals surface area contributed by atoms with Crippen LogP contribution in [0.1, 0.15) is 30.5 Å². The lowest BCUT2D eigenvalue weighted by molar-refractivity contribution is -0.117. The Morgan fingerprint density at radius 2 is 1.83 bits per heavy atom. The molecule has 0 saturated carbocycles. The van der Waals surface area contributed by atoms with E-state index in [9.17, 15) is 9.18 Å².